The van der Waals surface area contributed by atoms with Gasteiger partial charge < -0.3 is 19.3 Å². The molecule has 122 valence electrons. The van der Waals surface area contributed by atoms with Gasteiger partial charge in [0.05, 0.1) is 12.7 Å². The highest BCUT2D eigenvalue weighted by Crippen LogP contribution is 2.29. The van der Waals surface area contributed by atoms with Gasteiger partial charge in [0.2, 0.25) is 0 Å². The van der Waals surface area contributed by atoms with Crippen molar-refractivity contribution < 1.29 is 14.6 Å². The molecule has 0 saturated carbocycles. The maximum Gasteiger partial charge on any atom is 0.257 e. The van der Waals surface area contributed by atoms with Gasteiger partial charge in [-0.25, -0.2) is 0 Å². The van der Waals surface area contributed by atoms with Crippen molar-refractivity contribution in [2.45, 2.75) is 18.8 Å². The highest BCUT2D eigenvalue weighted by atomic mass is 16.5. The molecule has 0 radical (unpaired) electrons. The molecule has 1 aromatic carbocycles. The van der Waals surface area contributed by atoms with Gasteiger partial charge in [-0.1, -0.05) is 0 Å². The van der Waals surface area contributed by atoms with E-state index in [1.54, 1.807) is 23.4 Å². The smallest absolute Gasteiger partial charge is 0.257 e. The molecule has 0 aliphatic carbocycles. The Morgan fingerprint density at radius 1 is 1.35 bits per heavy atom. The standard InChI is InChI=1S/C16H20N4O3/c1-19-10-17-18-15(19)11-5-7-20(8-6-11)16(22)13-4-3-12(23-2)9-14(13)21/h3-4,9-11,21H,5-8H2,1-2H3. The van der Waals surface area contributed by atoms with E-state index in [0.29, 0.717) is 30.3 Å². The maximum atomic E-state index is 12.6. The van der Waals surface area contributed by atoms with Gasteiger partial charge in [-0.2, -0.15) is 0 Å². The summed E-state index contributed by atoms with van der Waals surface area (Å²) in [5.74, 6) is 1.60. The van der Waals surface area contributed by atoms with Crippen molar-refractivity contribution in [3.05, 3.63) is 35.9 Å². The Morgan fingerprint density at radius 3 is 2.65 bits per heavy atom. The minimum Gasteiger partial charge on any atom is -0.507 e. The number of phenols is 1. The minimum absolute atomic E-state index is 0.0511. The number of aryl methyl sites for hydroxylation is 1. The third-order valence-corrected chi connectivity index (χ3v) is 4.33. The normalized spacial score (nSPS) is 15.7. The summed E-state index contributed by atoms with van der Waals surface area (Å²) in [6.45, 7) is 1.28. The largest absolute Gasteiger partial charge is 0.507 e. The van der Waals surface area contributed by atoms with E-state index < -0.39 is 0 Å². The second-order valence-electron chi connectivity index (χ2n) is 5.75. The Labute approximate surface area is 134 Å². The van der Waals surface area contributed by atoms with Crippen molar-refractivity contribution >= 4 is 5.91 Å². The first-order chi connectivity index (χ1) is 11.1. The number of hydrogen-bond donors (Lipinski definition) is 1. The van der Waals surface area contributed by atoms with Crippen LogP contribution in [-0.4, -0.2) is 50.9 Å². The number of likely N-dealkylation sites (tertiary alicyclic amines) is 1. The molecule has 1 aliphatic rings. The zero-order valence-corrected chi connectivity index (χ0v) is 13.3. The molecule has 2 aromatic rings. The first-order valence-electron chi connectivity index (χ1n) is 7.60. The maximum absolute atomic E-state index is 12.6. The van der Waals surface area contributed by atoms with E-state index in [1.165, 1.54) is 13.2 Å². The van der Waals surface area contributed by atoms with Gasteiger partial charge in [0.25, 0.3) is 5.91 Å². The average Bonchev–Trinajstić information content (AvgIpc) is 3.00. The van der Waals surface area contributed by atoms with E-state index in [9.17, 15) is 9.90 Å². The summed E-state index contributed by atoms with van der Waals surface area (Å²) in [4.78, 5) is 14.3. The first-order valence-corrected chi connectivity index (χ1v) is 7.60. The van der Waals surface area contributed by atoms with E-state index in [1.807, 2.05) is 11.6 Å². The Hall–Kier alpha value is -2.57. The van der Waals surface area contributed by atoms with Crippen molar-refractivity contribution in [2.75, 3.05) is 20.2 Å². The summed E-state index contributed by atoms with van der Waals surface area (Å²) in [5, 5.41) is 18.1. The molecule has 1 amide bonds. The number of rotatable bonds is 3. The molecular weight excluding hydrogens is 296 g/mol. The molecule has 0 spiro atoms. The molecule has 1 aliphatic heterocycles. The van der Waals surface area contributed by atoms with Crippen LogP contribution in [0, 0.1) is 0 Å². The average molecular weight is 316 g/mol. The van der Waals surface area contributed by atoms with Crippen LogP contribution in [0.15, 0.2) is 24.5 Å². The highest BCUT2D eigenvalue weighted by Gasteiger charge is 2.28. The fourth-order valence-corrected chi connectivity index (χ4v) is 2.99. The number of aromatic hydroxyl groups is 1. The van der Waals surface area contributed by atoms with E-state index in [4.69, 9.17) is 4.74 Å². The van der Waals surface area contributed by atoms with Crippen LogP contribution in [0.3, 0.4) is 0 Å². The molecule has 7 nitrogen and oxygen atoms in total. The van der Waals surface area contributed by atoms with E-state index in [0.717, 1.165) is 18.7 Å². The second-order valence-corrected chi connectivity index (χ2v) is 5.75. The third-order valence-electron chi connectivity index (χ3n) is 4.33. The molecule has 2 heterocycles. The number of nitrogens with zero attached hydrogens (tertiary/aromatic N) is 4. The molecule has 1 aromatic heterocycles. The summed E-state index contributed by atoms with van der Waals surface area (Å²) in [5.41, 5.74) is 0.308. The molecule has 0 unspecified atom stereocenters. The van der Waals surface area contributed by atoms with Crippen LogP contribution in [0.1, 0.15) is 34.9 Å². The highest BCUT2D eigenvalue weighted by molar-refractivity contribution is 5.97. The van der Waals surface area contributed by atoms with Crippen molar-refractivity contribution in [3.63, 3.8) is 0 Å². The molecule has 0 bridgehead atoms. The van der Waals surface area contributed by atoms with Gasteiger partial charge in [-0.05, 0) is 25.0 Å². The monoisotopic (exact) mass is 316 g/mol. The number of amides is 1. The summed E-state index contributed by atoms with van der Waals surface area (Å²) >= 11 is 0. The summed E-state index contributed by atoms with van der Waals surface area (Å²) < 4.78 is 6.97. The van der Waals surface area contributed by atoms with Crippen LogP contribution in [0.2, 0.25) is 0 Å². The number of piperidine rings is 1. The quantitative estimate of drug-likeness (QED) is 0.929. The van der Waals surface area contributed by atoms with Crippen LogP contribution in [-0.2, 0) is 7.05 Å². The van der Waals surface area contributed by atoms with Gasteiger partial charge in [0, 0.05) is 32.1 Å². The predicted molar refractivity (Wildman–Crippen MR) is 83.5 cm³/mol. The third kappa shape index (κ3) is 2.99. The minimum atomic E-state index is -0.151. The fourth-order valence-electron chi connectivity index (χ4n) is 2.99. The van der Waals surface area contributed by atoms with Crippen LogP contribution in [0.4, 0.5) is 0 Å². The summed E-state index contributed by atoms with van der Waals surface area (Å²) in [6.07, 6.45) is 3.38. The molecule has 1 saturated heterocycles. The van der Waals surface area contributed by atoms with E-state index >= 15 is 0 Å². The molecule has 23 heavy (non-hydrogen) atoms. The fraction of sp³-hybridized carbons (Fsp3) is 0.438. The Bertz CT molecular complexity index is 705. The number of phenolic OH excluding ortho intramolecular Hbond substituents is 1. The molecular formula is C16H20N4O3. The number of carbonyl (C=O) groups excluding carboxylic acids is 1. The van der Waals surface area contributed by atoms with Crippen LogP contribution < -0.4 is 4.74 Å². The van der Waals surface area contributed by atoms with Crippen molar-refractivity contribution in [2.24, 2.45) is 7.05 Å². The molecule has 1 fully saturated rings. The summed E-state index contributed by atoms with van der Waals surface area (Å²) in [7, 11) is 3.45. The molecule has 3 rings (SSSR count). The Kier molecular flexibility index (Phi) is 4.18. The predicted octanol–water partition coefficient (Wildman–Crippen LogP) is 1.55. The lowest BCUT2D eigenvalue weighted by molar-refractivity contribution is 0.0707. The number of ether oxygens (including phenoxy) is 1. The SMILES string of the molecule is COc1ccc(C(=O)N2CCC(c3nncn3C)CC2)c(O)c1. The van der Waals surface area contributed by atoms with E-state index in [2.05, 4.69) is 10.2 Å². The topological polar surface area (TPSA) is 80.5 Å². The van der Waals surface area contributed by atoms with Gasteiger partial charge in [-0.15, -0.1) is 10.2 Å². The second kappa shape index (κ2) is 6.28. The van der Waals surface area contributed by atoms with Crippen LogP contribution in [0.25, 0.3) is 0 Å². The summed E-state index contributed by atoms with van der Waals surface area (Å²) in [6, 6.07) is 4.74. The molecule has 7 heteroatoms. The number of aromatic nitrogens is 3. The van der Waals surface area contributed by atoms with Gasteiger partial charge >= 0.3 is 0 Å². The van der Waals surface area contributed by atoms with Crippen LogP contribution >= 0.6 is 0 Å². The van der Waals surface area contributed by atoms with Crippen LogP contribution in [0.5, 0.6) is 11.5 Å². The van der Waals surface area contributed by atoms with Gasteiger partial charge in [0.15, 0.2) is 0 Å². The Balaban J connectivity index is 1.68. The number of carbonyl (C=O) groups is 1. The zero-order valence-electron chi connectivity index (χ0n) is 13.3. The van der Waals surface area contributed by atoms with Gasteiger partial charge in [-0.3, -0.25) is 4.79 Å². The lowest BCUT2D eigenvalue weighted by Crippen LogP contribution is -2.38. The number of hydrogen-bond acceptors (Lipinski definition) is 5. The zero-order chi connectivity index (χ0) is 16.4. The van der Waals surface area contributed by atoms with E-state index in [-0.39, 0.29) is 11.7 Å². The van der Waals surface area contributed by atoms with Crippen molar-refractivity contribution in [1.82, 2.24) is 19.7 Å². The van der Waals surface area contributed by atoms with Gasteiger partial charge in [0.1, 0.15) is 23.7 Å². The lowest BCUT2D eigenvalue weighted by atomic mass is 9.95. The van der Waals surface area contributed by atoms with Crippen molar-refractivity contribution in [3.8, 4) is 11.5 Å². The molecule has 1 N–H and O–H groups in total. The Morgan fingerprint density at radius 2 is 2.09 bits per heavy atom. The first kappa shape index (κ1) is 15.3. The number of methoxy groups -OCH3 is 1. The lowest BCUT2D eigenvalue weighted by Gasteiger charge is -2.31. The van der Waals surface area contributed by atoms with Crippen molar-refractivity contribution in [1.29, 1.82) is 0 Å². The molecule has 0 atom stereocenters. The number of benzene rings is 1.